The summed E-state index contributed by atoms with van der Waals surface area (Å²) >= 11 is 6.55. The summed E-state index contributed by atoms with van der Waals surface area (Å²) in [4.78, 5) is 4.43. The molecule has 0 bridgehead atoms. The van der Waals surface area contributed by atoms with Gasteiger partial charge in [-0.2, -0.15) is 0 Å². The Morgan fingerprint density at radius 3 is 2.53 bits per heavy atom. The van der Waals surface area contributed by atoms with Crippen LogP contribution in [-0.2, 0) is 11.3 Å². The van der Waals surface area contributed by atoms with Crippen molar-refractivity contribution in [1.29, 1.82) is 0 Å². The van der Waals surface area contributed by atoms with Crippen LogP contribution in [0.4, 0.5) is 0 Å². The van der Waals surface area contributed by atoms with Crippen molar-refractivity contribution in [2.45, 2.75) is 34.3 Å². The molecular weight excluding hydrogens is 400 g/mol. The van der Waals surface area contributed by atoms with Gasteiger partial charge >= 0.3 is 0 Å². The molecule has 0 spiro atoms. The summed E-state index contributed by atoms with van der Waals surface area (Å²) in [6, 6.07) is 11.7. The first kappa shape index (κ1) is 20.3. The molecular formula is C23H23ClN4O2. The maximum Gasteiger partial charge on any atom is 0.164 e. The average Bonchev–Trinajstić information content (AvgIpc) is 3.14. The van der Waals surface area contributed by atoms with Crippen LogP contribution in [0.5, 0.6) is 11.5 Å². The van der Waals surface area contributed by atoms with Gasteiger partial charge in [0.05, 0.1) is 10.7 Å². The Hall–Kier alpha value is -2.96. The molecule has 0 aliphatic rings. The Kier molecular flexibility index (Phi) is 5.70. The van der Waals surface area contributed by atoms with Crippen molar-refractivity contribution in [3.63, 3.8) is 0 Å². The second-order valence-electron chi connectivity index (χ2n) is 7.08. The number of rotatable bonds is 6. The van der Waals surface area contributed by atoms with E-state index in [1.807, 2.05) is 74.7 Å². The SMILES string of the molecule is CCOCc1nnc2c(C)c(-c3ccc(Oc4ccc(C)nc4C)c(Cl)c3)ccn12. The Morgan fingerprint density at radius 1 is 1.00 bits per heavy atom. The molecule has 0 unspecified atom stereocenters. The molecule has 0 atom stereocenters. The molecule has 4 rings (SSSR count). The lowest BCUT2D eigenvalue weighted by atomic mass is 10.0. The van der Waals surface area contributed by atoms with Gasteiger partial charge in [-0.3, -0.25) is 9.38 Å². The number of halogens is 1. The molecule has 7 heteroatoms. The molecule has 1 aromatic carbocycles. The molecule has 154 valence electrons. The van der Waals surface area contributed by atoms with E-state index in [0.717, 1.165) is 39.5 Å². The zero-order chi connectivity index (χ0) is 21.3. The van der Waals surface area contributed by atoms with Gasteiger partial charge in [0.1, 0.15) is 18.1 Å². The number of nitrogens with zero attached hydrogens (tertiary/aromatic N) is 4. The van der Waals surface area contributed by atoms with E-state index < -0.39 is 0 Å². The summed E-state index contributed by atoms with van der Waals surface area (Å²) in [5.41, 5.74) is 5.63. The number of aromatic nitrogens is 4. The molecule has 4 aromatic rings. The van der Waals surface area contributed by atoms with Crippen molar-refractivity contribution in [3.8, 4) is 22.6 Å². The zero-order valence-corrected chi connectivity index (χ0v) is 18.2. The highest BCUT2D eigenvalue weighted by atomic mass is 35.5. The van der Waals surface area contributed by atoms with Gasteiger partial charge < -0.3 is 9.47 Å². The highest BCUT2D eigenvalue weighted by molar-refractivity contribution is 6.32. The standard InChI is InChI=1S/C23H23ClN4O2/c1-5-29-13-22-26-27-23-15(3)18(10-11-28(22)23)17-7-9-21(19(24)12-17)30-20-8-6-14(2)25-16(20)4/h6-12H,5,13H2,1-4H3. The fraction of sp³-hybridized carbons (Fsp3) is 0.261. The number of aryl methyl sites for hydroxylation is 3. The van der Waals surface area contributed by atoms with E-state index in [1.165, 1.54) is 0 Å². The zero-order valence-electron chi connectivity index (χ0n) is 17.4. The van der Waals surface area contributed by atoms with Gasteiger partial charge in [0, 0.05) is 24.1 Å². The van der Waals surface area contributed by atoms with Crippen molar-refractivity contribution in [3.05, 3.63) is 70.4 Å². The van der Waals surface area contributed by atoms with E-state index in [4.69, 9.17) is 21.1 Å². The molecule has 0 saturated heterocycles. The van der Waals surface area contributed by atoms with Gasteiger partial charge in [-0.25, -0.2) is 0 Å². The third-order valence-electron chi connectivity index (χ3n) is 4.97. The Bertz CT molecular complexity index is 1220. The lowest BCUT2D eigenvalue weighted by Gasteiger charge is -2.13. The quantitative estimate of drug-likeness (QED) is 0.399. The van der Waals surface area contributed by atoms with Crippen LogP contribution < -0.4 is 4.74 Å². The number of benzene rings is 1. The van der Waals surface area contributed by atoms with E-state index in [9.17, 15) is 0 Å². The predicted octanol–water partition coefficient (Wildman–Crippen LogP) is 5.70. The summed E-state index contributed by atoms with van der Waals surface area (Å²) in [6.07, 6.45) is 1.96. The summed E-state index contributed by atoms with van der Waals surface area (Å²) < 4.78 is 13.4. The maximum absolute atomic E-state index is 6.55. The lowest BCUT2D eigenvalue weighted by Crippen LogP contribution is -1.99. The van der Waals surface area contributed by atoms with Crippen LogP contribution >= 0.6 is 11.6 Å². The molecule has 3 heterocycles. The van der Waals surface area contributed by atoms with E-state index in [-0.39, 0.29) is 0 Å². The molecule has 0 amide bonds. The molecule has 0 N–H and O–H groups in total. The van der Waals surface area contributed by atoms with Crippen LogP contribution in [-0.4, -0.2) is 26.2 Å². The fourth-order valence-electron chi connectivity index (χ4n) is 3.39. The minimum atomic E-state index is 0.432. The first-order valence-electron chi connectivity index (χ1n) is 9.81. The van der Waals surface area contributed by atoms with E-state index in [2.05, 4.69) is 15.2 Å². The van der Waals surface area contributed by atoms with Crippen LogP contribution in [0.25, 0.3) is 16.8 Å². The molecule has 0 aliphatic carbocycles. The van der Waals surface area contributed by atoms with Crippen molar-refractivity contribution >= 4 is 17.2 Å². The van der Waals surface area contributed by atoms with Gasteiger partial charge in [0.15, 0.2) is 11.5 Å². The van der Waals surface area contributed by atoms with E-state index in [1.54, 1.807) is 0 Å². The number of fused-ring (bicyclic) bond motifs is 1. The molecule has 3 aromatic heterocycles. The maximum atomic E-state index is 6.55. The molecule has 0 fully saturated rings. The minimum absolute atomic E-state index is 0.432. The summed E-state index contributed by atoms with van der Waals surface area (Å²) in [7, 11) is 0. The number of pyridine rings is 2. The van der Waals surface area contributed by atoms with Crippen molar-refractivity contribution in [2.24, 2.45) is 0 Å². The number of ether oxygens (including phenoxy) is 2. The largest absolute Gasteiger partial charge is 0.454 e. The third kappa shape index (κ3) is 3.88. The second kappa shape index (κ2) is 8.42. The fourth-order valence-corrected chi connectivity index (χ4v) is 3.61. The van der Waals surface area contributed by atoms with E-state index >= 15 is 0 Å². The molecule has 30 heavy (non-hydrogen) atoms. The van der Waals surface area contributed by atoms with Gasteiger partial charge in [-0.05, 0) is 69.2 Å². The third-order valence-corrected chi connectivity index (χ3v) is 5.27. The second-order valence-corrected chi connectivity index (χ2v) is 7.49. The van der Waals surface area contributed by atoms with Gasteiger partial charge in [-0.1, -0.05) is 17.7 Å². The van der Waals surface area contributed by atoms with Gasteiger partial charge in [0.2, 0.25) is 0 Å². The molecule has 0 saturated carbocycles. The predicted molar refractivity (Wildman–Crippen MR) is 117 cm³/mol. The average molecular weight is 423 g/mol. The summed E-state index contributed by atoms with van der Waals surface area (Å²) in [5, 5.41) is 9.13. The first-order chi connectivity index (χ1) is 14.5. The topological polar surface area (TPSA) is 61.5 Å². The first-order valence-corrected chi connectivity index (χ1v) is 10.2. The highest BCUT2D eigenvalue weighted by Crippen LogP contribution is 2.35. The van der Waals surface area contributed by atoms with Gasteiger partial charge in [-0.15, -0.1) is 10.2 Å². The minimum Gasteiger partial charge on any atom is -0.454 e. The number of hydrogen-bond acceptors (Lipinski definition) is 5. The normalized spacial score (nSPS) is 11.2. The monoisotopic (exact) mass is 422 g/mol. The highest BCUT2D eigenvalue weighted by Gasteiger charge is 2.14. The van der Waals surface area contributed by atoms with Gasteiger partial charge in [0.25, 0.3) is 0 Å². The van der Waals surface area contributed by atoms with Crippen molar-refractivity contribution in [1.82, 2.24) is 19.6 Å². The number of hydrogen-bond donors (Lipinski definition) is 0. The Morgan fingerprint density at radius 2 is 1.80 bits per heavy atom. The van der Waals surface area contributed by atoms with E-state index in [0.29, 0.717) is 29.7 Å². The van der Waals surface area contributed by atoms with Crippen molar-refractivity contribution in [2.75, 3.05) is 6.61 Å². The Labute approximate surface area is 180 Å². The van der Waals surface area contributed by atoms with Crippen LogP contribution in [0.1, 0.15) is 29.7 Å². The molecule has 0 aliphatic heterocycles. The van der Waals surface area contributed by atoms with Crippen LogP contribution in [0.2, 0.25) is 5.02 Å². The summed E-state index contributed by atoms with van der Waals surface area (Å²) in [5.74, 6) is 2.07. The van der Waals surface area contributed by atoms with Crippen LogP contribution in [0.15, 0.2) is 42.6 Å². The van der Waals surface area contributed by atoms with Crippen LogP contribution in [0.3, 0.4) is 0 Å². The summed E-state index contributed by atoms with van der Waals surface area (Å²) in [6.45, 7) is 8.93. The van der Waals surface area contributed by atoms with Crippen molar-refractivity contribution < 1.29 is 9.47 Å². The smallest absolute Gasteiger partial charge is 0.164 e. The lowest BCUT2D eigenvalue weighted by molar-refractivity contribution is 0.127. The van der Waals surface area contributed by atoms with Crippen LogP contribution in [0, 0.1) is 20.8 Å². The molecule has 6 nitrogen and oxygen atoms in total. The Balaban J connectivity index is 1.65. The molecule has 0 radical (unpaired) electrons.